The largest absolute Gasteiger partial charge is 0.327 e. The van der Waals surface area contributed by atoms with Crippen LogP contribution in [-0.4, -0.2) is 30.6 Å². The van der Waals surface area contributed by atoms with E-state index in [9.17, 15) is 0 Å². The lowest BCUT2D eigenvalue weighted by atomic mass is 10.0. The Kier molecular flexibility index (Phi) is 6.68. The summed E-state index contributed by atoms with van der Waals surface area (Å²) in [6.45, 7) is 9.88. The number of rotatable bonds is 8. The molecule has 2 rings (SSSR count). The molecule has 1 aliphatic heterocycles. The lowest BCUT2D eigenvalue weighted by Gasteiger charge is -2.16. The van der Waals surface area contributed by atoms with Gasteiger partial charge in [0.1, 0.15) is 0 Å². The van der Waals surface area contributed by atoms with Gasteiger partial charge in [-0.2, -0.15) is 0 Å². The zero-order valence-electron chi connectivity index (χ0n) is 13.6. The standard InChI is InChI=1S/C18H31N3/c1-15(2)11-18(19)13-20-12-16-5-7-17(8-6-16)14-21-9-3-4-10-21/h5-8,15,18,20H,3-4,9-14,19H2,1-2H3. The Morgan fingerprint density at radius 3 is 2.33 bits per heavy atom. The van der Waals surface area contributed by atoms with Crippen LogP contribution in [0.3, 0.4) is 0 Å². The van der Waals surface area contributed by atoms with Crippen molar-refractivity contribution >= 4 is 0 Å². The fraction of sp³-hybridized carbons (Fsp3) is 0.667. The maximum Gasteiger partial charge on any atom is 0.0233 e. The topological polar surface area (TPSA) is 41.3 Å². The lowest BCUT2D eigenvalue weighted by Crippen LogP contribution is -2.34. The molecule has 3 nitrogen and oxygen atoms in total. The number of nitrogens with two attached hydrogens (primary N) is 1. The second-order valence-electron chi connectivity index (χ2n) is 6.82. The molecule has 21 heavy (non-hydrogen) atoms. The molecule has 0 aromatic heterocycles. The van der Waals surface area contributed by atoms with Crippen molar-refractivity contribution in [1.29, 1.82) is 0 Å². The summed E-state index contributed by atoms with van der Waals surface area (Å²) >= 11 is 0. The molecule has 0 saturated carbocycles. The molecule has 0 aliphatic carbocycles. The van der Waals surface area contributed by atoms with Crippen molar-refractivity contribution in [1.82, 2.24) is 10.2 Å². The van der Waals surface area contributed by atoms with Crippen molar-refractivity contribution in [2.24, 2.45) is 11.7 Å². The smallest absolute Gasteiger partial charge is 0.0233 e. The molecule has 0 radical (unpaired) electrons. The number of nitrogens with one attached hydrogen (secondary N) is 1. The van der Waals surface area contributed by atoms with E-state index in [0.717, 1.165) is 26.1 Å². The minimum Gasteiger partial charge on any atom is -0.327 e. The second-order valence-corrected chi connectivity index (χ2v) is 6.82. The van der Waals surface area contributed by atoms with Gasteiger partial charge in [-0.15, -0.1) is 0 Å². The average Bonchev–Trinajstić information content (AvgIpc) is 2.93. The highest BCUT2D eigenvalue weighted by Gasteiger charge is 2.11. The Morgan fingerprint density at radius 1 is 1.10 bits per heavy atom. The maximum absolute atomic E-state index is 6.09. The van der Waals surface area contributed by atoms with Crippen molar-refractivity contribution < 1.29 is 0 Å². The Morgan fingerprint density at radius 2 is 1.71 bits per heavy atom. The first-order chi connectivity index (χ1) is 10.1. The lowest BCUT2D eigenvalue weighted by molar-refractivity contribution is 0.331. The first kappa shape index (κ1) is 16.5. The molecule has 1 heterocycles. The van der Waals surface area contributed by atoms with E-state index < -0.39 is 0 Å². The van der Waals surface area contributed by atoms with E-state index in [1.165, 1.54) is 37.1 Å². The minimum absolute atomic E-state index is 0.263. The molecule has 0 bridgehead atoms. The van der Waals surface area contributed by atoms with Gasteiger partial charge in [0.2, 0.25) is 0 Å². The van der Waals surface area contributed by atoms with Crippen molar-refractivity contribution in [3.8, 4) is 0 Å². The van der Waals surface area contributed by atoms with E-state index in [2.05, 4.69) is 48.3 Å². The van der Waals surface area contributed by atoms with Crippen LogP contribution in [0.1, 0.15) is 44.2 Å². The number of benzene rings is 1. The van der Waals surface area contributed by atoms with Crippen LogP contribution in [0.15, 0.2) is 24.3 Å². The fourth-order valence-corrected chi connectivity index (χ4v) is 3.05. The Labute approximate surface area is 129 Å². The number of hydrogen-bond donors (Lipinski definition) is 2. The van der Waals surface area contributed by atoms with Gasteiger partial charge in [0.05, 0.1) is 0 Å². The SMILES string of the molecule is CC(C)CC(N)CNCc1ccc(CN2CCCC2)cc1. The summed E-state index contributed by atoms with van der Waals surface area (Å²) in [5.74, 6) is 0.673. The monoisotopic (exact) mass is 289 g/mol. The zero-order chi connectivity index (χ0) is 15.1. The second kappa shape index (κ2) is 8.52. The van der Waals surface area contributed by atoms with E-state index in [4.69, 9.17) is 5.73 Å². The molecular weight excluding hydrogens is 258 g/mol. The molecule has 0 spiro atoms. The van der Waals surface area contributed by atoms with Crippen molar-refractivity contribution in [3.05, 3.63) is 35.4 Å². The first-order valence-electron chi connectivity index (χ1n) is 8.40. The maximum atomic E-state index is 6.09. The molecule has 1 aromatic rings. The molecular formula is C18H31N3. The molecule has 1 saturated heterocycles. The Balaban J connectivity index is 1.69. The summed E-state index contributed by atoms with van der Waals surface area (Å²) in [5.41, 5.74) is 8.86. The third kappa shape index (κ3) is 6.16. The Hall–Kier alpha value is -0.900. The predicted molar refractivity (Wildman–Crippen MR) is 90.1 cm³/mol. The van der Waals surface area contributed by atoms with Crippen LogP contribution in [0.2, 0.25) is 0 Å². The molecule has 0 amide bonds. The van der Waals surface area contributed by atoms with Crippen molar-refractivity contribution in [2.45, 2.75) is 52.2 Å². The molecule has 1 atom stereocenters. The van der Waals surface area contributed by atoms with Crippen molar-refractivity contribution in [3.63, 3.8) is 0 Å². The molecule has 1 unspecified atom stereocenters. The quantitative estimate of drug-likeness (QED) is 0.773. The van der Waals surface area contributed by atoms with Crippen LogP contribution in [0.4, 0.5) is 0 Å². The van der Waals surface area contributed by atoms with Gasteiger partial charge in [-0.25, -0.2) is 0 Å². The van der Waals surface area contributed by atoms with Crippen LogP contribution < -0.4 is 11.1 Å². The normalized spacial score (nSPS) is 17.5. The highest BCUT2D eigenvalue weighted by Crippen LogP contribution is 2.13. The van der Waals surface area contributed by atoms with Gasteiger partial charge in [0.15, 0.2) is 0 Å². The van der Waals surface area contributed by atoms with E-state index in [-0.39, 0.29) is 6.04 Å². The van der Waals surface area contributed by atoms with Gasteiger partial charge >= 0.3 is 0 Å². The first-order valence-corrected chi connectivity index (χ1v) is 8.40. The molecule has 1 aromatic carbocycles. The van der Waals surface area contributed by atoms with Gasteiger partial charge in [-0.05, 0) is 49.4 Å². The highest BCUT2D eigenvalue weighted by molar-refractivity contribution is 5.22. The molecule has 1 fully saturated rings. The molecule has 1 aliphatic rings. The summed E-state index contributed by atoms with van der Waals surface area (Å²) in [5, 5.41) is 3.46. The predicted octanol–water partition coefficient (Wildman–Crippen LogP) is 2.75. The van der Waals surface area contributed by atoms with Crippen LogP contribution >= 0.6 is 0 Å². The average molecular weight is 289 g/mol. The van der Waals surface area contributed by atoms with E-state index >= 15 is 0 Å². The van der Waals surface area contributed by atoms with Gasteiger partial charge in [-0.1, -0.05) is 38.1 Å². The van der Waals surface area contributed by atoms with Crippen LogP contribution in [0.5, 0.6) is 0 Å². The fourth-order valence-electron chi connectivity index (χ4n) is 3.05. The summed E-state index contributed by atoms with van der Waals surface area (Å²) in [4.78, 5) is 2.54. The van der Waals surface area contributed by atoms with E-state index in [1.54, 1.807) is 0 Å². The van der Waals surface area contributed by atoms with Gasteiger partial charge in [0, 0.05) is 25.7 Å². The summed E-state index contributed by atoms with van der Waals surface area (Å²) < 4.78 is 0. The van der Waals surface area contributed by atoms with Gasteiger partial charge in [-0.3, -0.25) is 4.90 Å². The highest BCUT2D eigenvalue weighted by atomic mass is 15.1. The summed E-state index contributed by atoms with van der Waals surface area (Å²) in [6, 6.07) is 9.28. The third-order valence-electron chi connectivity index (χ3n) is 4.14. The summed E-state index contributed by atoms with van der Waals surface area (Å²) in [7, 11) is 0. The number of nitrogens with zero attached hydrogens (tertiary/aromatic N) is 1. The molecule has 3 N–H and O–H groups in total. The number of hydrogen-bond acceptors (Lipinski definition) is 3. The van der Waals surface area contributed by atoms with Gasteiger partial charge in [0.25, 0.3) is 0 Å². The van der Waals surface area contributed by atoms with Gasteiger partial charge < -0.3 is 11.1 Å². The van der Waals surface area contributed by atoms with Crippen LogP contribution in [0, 0.1) is 5.92 Å². The molecule has 3 heteroatoms. The molecule has 118 valence electrons. The van der Waals surface area contributed by atoms with Crippen LogP contribution in [-0.2, 0) is 13.1 Å². The third-order valence-corrected chi connectivity index (χ3v) is 4.14. The van der Waals surface area contributed by atoms with E-state index in [1.807, 2.05) is 0 Å². The minimum atomic E-state index is 0.263. The van der Waals surface area contributed by atoms with E-state index in [0.29, 0.717) is 5.92 Å². The number of likely N-dealkylation sites (tertiary alicyclic amines) is 1. The van der Waals surface area contributed by atoms with Crippen LogP contribution in [0.25, 0.3) is 0 Å². The van der Waals surface area contributed by atoms with Crippen molar-refractivity contribution in [2.75, 3.05) is 19.6 Å². The Bertz CT molecular complexity index is 393. The zero-order valence-corrected chi connectivity index (χ0v) is 13.6. The summed E-state index contributed by atoms with van der Waals surface area (Å²) in [6.07, 6.45) is 3.80.